The van der Waals surface area contributed by atoms with Crippen LogP contribution in [0.5, 0.6) is 0 Å². The summed E-state index contributed by atoms with van der Waals surface area (Å²) in [5.74, 6) is 2.63. The van der Waals surface area contributed by atoms with Gasteiger partial charge in [-0.05, 0) is 48.2 Å². The zero-order chi connectivity index (χ0) is 21.4. The molecule has 0 radical (unpaired) electrons. The fourth-order valence-corrected chi connectivity index (χ4v) is 4.92. The Hall–Kier alpha value is -3.21. The van der Waals surface area contributed by atoms with Crippen LogP contribution < -0.4 is 10.5 Å². The molecule has 0 spiro atoms. The lowest BCUT2D eigenvalue weighted by Crippen LogP contribution is -2.45. The molecular formula is C24H23N5OS. The fraction of sp³-hybridized carbons (Fsp3) is 0.292. The molecule has 7 heteroatoms. The number of piperazine rings is 1. The third kappa shape index (κ3) is 3.92. The second kappa shape index (κ2) is 8.14. The molecule has 31 heavy (non-hydrogen) atoms. The van der Waals surface area contributed by atoms with Crippen molar-refractivity contribution in [2.75, 3.05) is 31.1 Å². The molecule has 1 aliphatic rings. The average molecular weight is 430 g/mol. The number of hydrogen-bond donors (Lipinski definition) is 1. The van der Waals surface area contributed by atoms with E-state index >= 15 is 0 Å². The van der Waals surface area contributed by atoms with Crippen molar-refractivity contribution >= 4 is 38.3 Å². The molecule has 5 rings (SSSR count). The zero-order valence-corrected chi connectivity index (χ0v) is 18.2. The molecule has 156 valence electrons. The van der Waals surface area contributed by atoms with Crippen LogP contribution in [0.4, 0.5) is 5.69 Å². The van der Waals surface area contributed by atoms with Gasteiger partial charge >= 0.3 is 0 Å². The maximum Gasteiger partial charge on any atom is 0.251 e. The number of benzene rings is 1. The van der Waals surface area contributed by atoms with E-state index < -0.39 is 0 Å². The van der Waals surface area contributed by atoms with Gasteiger partial charge in [-0.25, -0.2) is 4.98 Å². The molecule has 0 amide bonds. The van der Waals surface area contributed by atoms with E-state index in [-0.39, 0.29) is 5.56 Å². The van der Waals surface area contributed by atoms with Crippen LogP contribution in [0.2, 0.25) is 0 Å². The van der Waals surface area contributed by atoms with Crippen molar-refractivity contribution in [3.63, 3.8) is 0 Å². The first-order valence-corrected chi connectivity index (χ1v) is 11.3. The first-order chi connectivity index (χ1) is 15.1. The van der Waals surface area contributed by atoms with Crippen LogP contribution in [0.25, 0.3) is 21.3 Å². The molecule has 4 aromatic rings. The van der Waals surface area contributed by atoms with Crippen molar-refractivity contribution in [1.29, 1.82) is 0 Å². The van der Waals surface area contributed by atoms with Crippen LogP contribution in [-0.4, -0.2) is 46.0 Å². The second-order valence-electron chi connectivity index (χ2n) is 7.83. The SMILES string of the molecule is C#Cc1nc2ccc(N3CCN(Cc4cnc5cc(CC)c(=O)[nH]c5c4)CC3)cc2s1. The number of rotatable bonds is 4. The van der Waals surface area contributed by atoms with E-state index in [9.17, 15) is 4.79 Å². The summed E-state index contributed by atoms with van der Waals surface area (Å²) >= 11 is 1.57. The van der Waals surface area contributed by atoms with Gasteiger partial charge in [0.25, 0.3) is 5.56 Å². The van der Waals surface area contributed by atoms with E-state index in [1.807, 2.05) is 19.2 Å². The highest BCUT2D eigenvalue weighted by atomic mass is 32.1. The van der Waals surface area contributed by atoms with E-state index in [4.69, 9.17) is 6.42 Å². The summed E-state index contributed by atoms with van der Waals surface area (Å²) in [5, 5.41) is 0.730. The minimum absolute atomic E-state index is 0.0187. The lowest BCUT2D eigenvalue weighted by Gasteiger charge is -2.36. The Morgan fingerprint density at radius 3 is 2.77 bits per heavy atom. The van der Waals surface area contributed by atoms with E-state index in [0.29, 0.717) is 6.42 Å². The Balaban J connectivity index is 1.26. The Morgan fingerprint density at radius 2 is 2.00 bits per heavy atom. The van der Waals surface area contributed by atoms with Crippen LogP contribution in [0.1, 0.15) is 23.1 Å². The van der Waals surface area contributed by atoms with Crippen LogP contribution >= 0.6 is 11.3 Å². The van der Waals surface area contributed by atoms with Gasteiger partial charge in [0.1, 0.15) is 0 Å². The number of H-pyrrole nitrogens is 1. The van der Waals surface area contributed by atoms with Crippen molar-refractivity contribution in [3.05, 3.63) is 63.0 Å². The standard InChI is InChI=1S/C24H23N5OS/c1-3-17-12-20-21(27-24(17)30)11-16(14-25-20)15-28-7-9-29(10-8-28)18-5-6-19-22(13-18)31-23(4-2)26-19/h2,5-6,11-14H,3,7-10,15H2,1H3,(H,27,30). The number of aryl methyl sites for hydroxylation is 1. The molecule has 1 fully saturated rings. The molecule has 3 aromatic heterocycles. The topological polar surface area (TPSA) is 65.1 Å². The van der Waals surface area contributed by atoms with Gasteiger partial charge in [0.05, 0.1) is 21.3 Å². The summed E-state index contributed by atoms with van der Waals surface area (Å²) in [4.78, 5) is 29.0. The van der Waals surface area contributed by atoms with E-state index in [1.54, 1.807) is 11.3 Å². The highest BCUT2D eigenvalue weighted by Crippen LogP contribution is 2.27. The lowest BCUT2D eigenvalue weighted by molar-refractivity contribution is 0.250. The van der Waals surface area contributed by atoms with Crippen LogP contribution in [0.3, 0.4) is 0 Å². The zero-order valence-electron chi connectivity index (χ0n) is 17.4. The normalized spacial score (nSPS) is 14.9. The van der Waals surface area contributed by atoms with Crippen molar-refractivity contribution in [1.82, 2.24) is 19.9 Å². The number of anilines is 1. The Kier molecular flexibility index (Phi) is 5.18. The smallest absolute Gasteiger partial charge is 0.251 e. The van der Waals surface area contributed by atoms with Crippen molar-refractivity contribution in [3.8, 4) is 12.3 Å². The molecule has 0 saturated carbocycles. The summed E-state index contributed by atoms with van der Waals surface area (Å²) in [7, 11) is 0. The molecule has 1 N–H and O–H groups in total. The summed E-state index contributed by atoms with van der Waals surface area (Å²) in [5.41, 5.74) is 5.71. The minimum atomic E-state index is -0.0187. The van der Waals surface area contributed by atoms with Crippen LogP contribution in [0.15, 0.2) is 41.3 Å². The van der Waals surface area contributed by atoms with Gasteiger partial charge in [0, 0.05) is 50.2 Å². The van der Waals surface area contributed by atoms with Crippen LogP contribution in [0, 0.1) is 12.3 Å². The highest BCUT2D eigenvalue weighted by molar-refractivity contribution is 7.19. The van der Waals surface area contributed by atoms with Crippen LogP contribution in [-0.2, 0) is 13.0 Å². The number of nitrogens with zero attached hydrogens (tertiary/aromatic N) is 4. The monoisotopic (exact) mass is 429 g/mol. The summed E-state index contributed by atoms with van der Waals surface area (Å²) in [6.45, 7) is 6.68. The number of aromatic amines is 1. The van der Waals surface area contributed by atoms with E-state index in [1.165, 1.54) is 5.69 Å². The third-order valence-electron chi connectivity index (χ3n) is 5.85. The van der Waals surface area contributed by atoms with Crippen molar-refractivity contribution in [2.45, 2.75) is 19.9 Å². The van der Waals surface area contributed by atoms with Gasteiger partial charge in [-0.3, -0.25) is 14.7 Å². The minimum Gasteiger partial charge on any atom is -0.369 e. The van der Waals surface area contributed by atoms with Gasteiger partial charge < -0.3 is 9.88 Å². The molecule has 1 saturated heterocycles. The number of terminal acetylenes is 1. The van der Waals surface area contributed by atoms with E-state index in [0.717, 1.165) is 70.1 Å². The molecular weight excluding hydrogens is 406 g/mol. The molecule has 1 aromatic carbocycles. The number of aromatic nitrogens is 3. The molecule has 0 atom stereocenters. The van der Waals surface area contributed by atoms with Crippen molar-refractivity contribution in [2.24, 2.45) is 0 Å². The number of fused-ring (bicyclic) bond motifs is 2. The number of nitrogens with one attached hydrogen (secondary N) is 1. The fourth-order valence-electron chi connectivity index (χ4n) is 4.11. The molecule has 0 bridgehead atoms. The second-order valence-corrected chi connectivity index (χ2v) is 8.86. The first kappa shape index (κ1) is 19.7. The maximum atomic E-state index is 12.1. The Bertz CT molecular complexity index is 1360. The number of hydrogen-bond acceptors (Lipinski definition) is 6. The summed E-state index contributed by atoms with van der Waals surface area (Å²) in [6.07, 6.45) is 8.12. The Labute approximate surface area is 184 Å². The first-order valence-electron chi connectivity index (χ1n) is 10.5. The van der Waals surface area contributed by atoms with E-state index in [2.05, 4.69) is 54.9 Å². The molecule has 0 aliphatic carbocycles. The molecule has 0 unspecified atom stereocenters. The Morgan fingerprint density at radius 1 is 1.16 bits per heavy atom. The summed E-state index contributed by atoms with van der Waals surface area (Å²) in [6, 6.07) is 10.3. The maximum absolute atomic E-state index is 12.1. The predicted octanol–water partition coefficient (Wildman–Crippen LogP) is 3.40. The van der Waals surface area contributed by atoms with Gasteiger partial charge in [0.15, 0.2) is 5.01 Å². The largest absolute Gasteiger partial charge is 0.369 e. The summed E-state index contributed by atoms with van der Waals surface area (Å²) < 4.78 is 1.13. The van der Waals surface area contributed by atoms with Gasteiger partial charge in [-0.1, -0.05) is 6.92 Å². The third-order valence-corrected chi connectivity index (χ3v) is 6.80. The number of thiazole rings is 1. The van der Waals surface area contributed by atoms with Gasteiger partial charge in [0.2, 0.25) is 0 Å². The quantitative estimate of drug-likeness (QED) is 0.504. The molecule has 6 nitrogen and oxygen atoms in total. The average Bonchev–Trinajstić information content (AvgIpc) is 3.21. The van der Waals surface area contributed by atoms with Crippen molar-refractivity contribution < 1.29 is 0 Å². The predicted molar refractivity (Wildman–Crippen MR) is 127 cm³/mol. The molecule has 4 heterocycles. The van der Waals surface area contributed by atoms with Gasteiger partial charge in [-0.15, -0.1) is 17.8 Å². The van der Waals surface area contributed by atoms with Gasteiger partial charge in [-0.2, -0.15) is 0 Å². The number of pyridine rings is 2. The highest BCUT2D eigenvalue weighted by Gasteiger charge is 2.18. The lowest BCUT2D eigenvalue weighted by atomic mass is 10.1. The molecule has 1 aliphatic heterocycles.